The number of benzene rings is 2. The van der Waals surface area contributed by atoms with E-state index in [0.29, 0.717) is 5.56 Å². The molecule has 4 rings (SSSR count). The number of hydrogen-bond acceptors (Lipinski definition) is 5. The molecule has 26 heavy (non-hydrogen) atoms. The zero-order chi connectivity index (χ0) is 18.3. The summed E-state index contributed by atoms with van der Waals surface area (Å²) in [5.74, 6) is -2.29. The molecule has 0 amide bonds. The van der Waals surface area contributed by atoms with Crippen LogP contribution in [0.1, 0.15) is 19.3 Å². The summed E-state index contributed by atoms with van der Waals surface area (Å²) in [7, 11) is 0. The van der Waals surface area contributed by atoms with Crippen molar-refractivity contribution in [1.29, 1.82) is 0 Å². The van der Waals surface area contributed by atoms with Gasteiger partial charge in [-0.05, 0) is 55.7 Å². The molecule has 0 atom stereocenters. The van der Waals surface area contributed by atoms with Crippen molar-refractivity contribution in [2.45, 2.75) is 19.3 Å². The van der Waals surface area contributed by atoms with Gasteiger partial charge in [-0.3, -0.25) is 4.79 Å². The second kappa shape index (κ2) is 6.37. The van der Waals surface area contributed by atoms with E-state index in [1.807, 2.05) is 12.1 Å². The molecule has 3 aromatic rings. The van der Waals surface area contributed by atoms with Gasteiger partial charge in [-0.25, -0.2) is 0 Å². The molecule has 1 aromatic heterocycles. The summed E-state index contributed by atoms with van der Waals surface area (Å²) >= 11 is 0. The lowest BCUT2D eigenvalue weighted by atomic mass is 10.1. The molecule has 6 heteroatoms. The minimum Gasteiger partial charge on any atom is -0.504 e. The standard InChI is InChI=1S/C20H18FNO4/c21-16-17(24)14-8-9-15(23)18(25)20(14)26-19(16)12-4-6-13(7-5-12)22-10-2-1-3-11-22/h4-9,23,25H,1-3,10-11H2. The molecule has 0 unspecified atom stereocenters. The van der Waals surface area contributed by atoms with Crippen LogP contribution in [0, 0.1) is 5.82 Å². The number of phenolic OH excluding ortho intramolecular Hbond substituents is 2. The SMILES string of the molecule is O=c1c(F)c(-c2ccc(N3CCCCC3)cc2)oc2c(O)c(O)ccc12. The molecule has 1 saturated heterocycles. The van der Waals surface area contributed by atoms with Crippen molar-refractivity contribution in [1.82, 2.24) is 0 Å². The van der Waals surface area contributed by atoms with Gasteiger partial charge in [0.2, 0.25) is 17.0 Å². The van der Waals surface area contributed by atoms with Crippen LogP contribution in [0.2, 0.25) is 0 Å². The zero-order valence-electron chi connectivity index (χ0n) is 14.0. The highest BCUT2D eigenvalue weighted by atomic mass is 19.1. The average molecular weight is 355 g/mol. The molecule has 0 spiro atoms. The number of anilines is 1. The molecule has 5 nitrogen and oxygen atoms in total. The first-order valence-electron chi connectivity index (χ1n) is 8.59. The van der Waals surface area contributed by atoms with Crippen molar-refractivity contribution in [3.63, 3.8) is 0 Å². The average Bonchev–Trinajstić information content (AvgIpc) is 2.68. The fourth-order valence-electron chi connectivity index (χ4n) is 3.37. The van der Waals surface area contributed by atoms with Crippen LogP contribution in [0.15, 0.2) is 45.6 Å². The van der Waals surface area contributed by atoms with E-state index in [9.17, 15) is 19.4 Å². The Hall–Kier alpha value is -3.02. The highest BCUT2D eigenvalue weighted by Gasteiger charge is 2.20. The Bertz CT molecular complexity index is 1020. The smallest absolute Gasteiger partial charge is 0.229 e. The van der Waals surface area contributed by atoms with Crippen molar-refractivity contribution in [2.75, 3.05) is 18.0 Å². The molecule has 2 heterocycles. The zero-order valence-corrected chi connectivity index (χ0v) is 14.0. The number of fused-ring (bicyclic) bond motifs is 1. The maximum absolute atomic E-state index is 14.5. The Morgan fingerprint density at radius 1 is 0.962 bits per heavy atom. The molecule has 0 aliphatic carbocycles. The maximum Gasteiger partial charge on any atom is 0.229 e. The Balaban J connectivity index is 1.80. The topological polar surface area (TPSA) is 73.9 Å². The Kier molecular flexibility index (Phi) is 4.03. The normalized spacial score (nSPS) is 14.7. The molecular formula is C20H18FNO4. The van der Waals surface area contributed by atoms with Crippen LogP contribution in [0.25, 0.3) is 22.3 Å². The number of phenols is 2. The van der Waals surface area contributed by atoms with E-state index < -0.39 is 22.7 Å². The number of halogens is 1. The lowest BCUT2D eigenvalue weighted by molar-refractivity contribution is 0.398. The summed E-state index contributed by atoms with van der Waals surface area (Å²) < 4.78 is 20.0. The van der Waals surface area contributed by atoms with Crippen LogP contribution in [0.3, 0.4) is 0 Å². The van der Waals surface area contributed by atoms with Crippen LogP contribution in [-0.4, -0.2) is 23.3 Å². The van der Waals surface area contributed by atoms with Gasteiger partial charge in [0.15, 0.2) is 17.1 Å². The van der Waals surface area contributed by atoms with Gasteiger partial charge in [0.25, 0.3) is 0 Å². The van der Waals surface area contributed by atoms with Gasteiger partial charge in [-0.15, -0.1) is 0 Å². The van der Waals surface area contributed by atoms with Crippen molar-refractivity contribution < 1.29 is 19.0 Å². The highest BCUT2D eigenvalue weighted by Crippen LogP contribution is 2.35. The third-order valence-electron chi connectivity index (χ3n) is 4.81. The quantitative estimate of drug-likeness (QED) is 0.680. The third-order valence-corrected chi connectivity index (χ3v) is 4.81. The molecule has 1 aliphatic rings. The van der Waals surface area contributed by atoms with Crippen molar-refractivity contribution in [3.05, 3.63) is 52.4 Å². The van der Waals surface area contributed by atoms with Gasteiger partial charge in [-0.2, -0.15) is 4.39 Å². The van der Waals surface area contributed by atoms with Crippen LogP contribution < -0.4 is 10.3 Å². The molecule has 1 aliphatic heterocycles. The Morgan fingerprint density at radius 2 is 1.65 bits per heavy atom. The molecule has 1 fully saturated rings. The summed E-state index contributed by atoms with van der Waals surface area (Å²) in [5.41, 5.74) is 0.325. The van der Waals surface area contributed by atoms with Gasteiger partial charge in [0.1, 0.15) is 0 Å². The van der Waals surface area contributed by atoms with Crippen molar-refractivity contribution in [3.8, 4) is 22.8 Å². The monoisotopic (exact) mass is 355 g/mol. The highest BCUT2D eigenvalue weighted by molar-refractivity contribution is 5.86. The Morgan fingerprint density at radius 3 is 2.35 bits per heavy atom. The second-order valence-corrected chi connectivity index (χ2v) is 6.48. The van der Waals surface area contributed by atoms with E-state index in [4.69, 9.17) is 4.42 Å². The Labute approximate surface area is 148 Å². The van der Waals surface area contributed by atoms with Gasteiger partial charge >= 0.3 is 0 Å². The number of hydrogen-bond donors (Lipinski definition) is 2. The van der Waals surface area contributed by atoms with E-state index in [-0.39, 0.29) is 16.7 Å². The number of piperidine rings is 1. The molecule has 2 aromatic carbocycles. The first-order chi connectivity index (χ1) is 12.6. The van der Waals surface area contributed by atoms with Crippen LogP contribution in [0.4, 0.5) is 10.1 Å². The third kappa shape index (κ3) is 2.67. The number of aromatic hydroxyl groups is 2. The summed E-state index contributed by atoms with van der Waals surface area (Å²) in [4.78, 5) is 14.5. The van der Waals surface area contributed by atoms with Gasteiger partial charge in [0.05, 0.1) is 5.39 Å². The lowest BCUT2D eigenvalue weighted by Crippen LogP contribution is -2.29. The summed E-state index contributed by atoms with van der Waals surface area (Å²) in [6.07, 6.45) is 3.54. The first-order valence-corrected chi connectivity index (χ1v) is 8.59. The van der Waals surface area contributed by atoms with Crippen LogP contribution in [0.5, 0.6) is 11.5 Å². The predicted octanol–water partition coefficient (Wildman–Crippen LogP) is 4.00. The van der Waals surface area contributed by atoms with Crippen LogP contribution >= 0.6 is 0 Å². The number of rotatable bonds is 2. The molecular weight excluding hydrogens is 337 g/mol. The molecule has 0 saturated carbocycles. The molecule has 134 valence electrons. The van der Waals surface area contributed by atoms with Gasteiger partial charge in [-0.1, -0.05) is 0 Å². The largest absolute Gasteiger partial charge is 0.504 e. The summed E-state index contributed by atoms with van der Waals surface area (Å²) in [6, 6.07) is 9.47. The maximum atomic E-state index is 14.5. The molecule has 2 N–H and O–H groups in total. The molecule has 0 bridgehead atoms. The summed E-state index contributed by atoms with van der Waals surface area (Å²) in [5, 5.41) is 19.4. The number of nitrogens with zero attached hydrogens (tertiary/aromatic N) is 1. The van der Waals surface area contributed by atoms with E-state index in [1.165, 1.54) is 12.5 Å². The first kappa shape index (κ1) is 16.4. The van der Waals surface area contributed by atoms with E-state index in [0.717, 1.165) is 37.7 Å². The summed E-state index contributed by atoms with van der Waals surface area (Å²) in [6.45, 7) is 1.98. The van der Waals surface area contributed by atoms with E-state index in [1.54, 1.807) is 12.1 Å². The lowest BCUT2D eigenvalue weighted by Gasteiger charge is -2.28. The van der Waals surface area contributed by atoms with Crippen molar-refractivity contribution >= 4 is 16.7 Å². The van der Waals surface area contributed by atoms with E-state index >= 15 is 0 Å². The van der Waals surface area contributed by atoms with Crippen LogP contribution in [-0.2, 0) is 0 Å². The second-order valence-electron chi connectivity index (χ2n) is 6.48. The predicted molar refractivity (Wildman–Crippen MR) is 97.3 cm³/mol. The fraction of sp³-hybridized carbons (Fsp3) is 0.250. The van der Waals surface area contributed by atoms with E-state index in [2.05, 4.69) is 4.90 Å². The van der Waals surface area contributed by atoms with Crippen molar-refractivity contribution in [2.24, 2.45) is 0 Å². The van der Waals surface area contributed by atoms with Gasteiger partial charge in [0, 0.05) is 24.3 Å². The molecule has 0 radical (unpaired) electrons. The minimum atomic E-state index is -1.02. The fourth-order valence-corrected chi connectivity index (χ4v) is 3.37. The van der Waals surface area contributed by atoms with Gasteiger partial charge < -0.3 is 19.5 Å². The minimum absolute atomic E-state index is 0.119.